The van der Waals surface area contributed by atoms with E-state index < -0.39 is 40.9 Å². The largest absolute Gasteiger partial charge is 0.480 e. The van der Waals surface area contributed by atoms with Crippen LogP contribution < -0.4 is 15.2 Å². The van der Waals surface area contributed by atoms with Gasteiger partial charge in [-0.3, -0.25) is 19.2 Å². The smallest absolute Gasteiger partial charge is 0.324 e. The van der Waals surface area contributed by atoms with Crippen LogP contribution in [0.4, 0.5) is 0 Å². The number of benzene rings is 1. The standard InChI is InChI=1S/C26H39NO8/c1-7-10-21(28)34-19-13-12-18(14-20(19)35-22(29)11-8-2)16-26(27,23(30)31)15-17(4)33-24(32)25(5,6)9-3/h12-14,17H,7-11,15-16,27H2,1-6H3,(H,30,31)/t17-,26?/m0/s1. The molecule has 0 aliphatic carbocycles. The van der Waals surface area contributed by atoms with Crippen molar-refractivity contribution in [1.82, 2.24) is 0 Å². The molecule has 0 radical (unpaired) electrons. The van der Waals surface area contributed by atoms with E-state index >= 15 is 0 Å². The molecular formula is C26H39NO8. The minimum Gasteiger partial charge on any atom is -0.480 e. The fraction of sp³-hybridized carbons (Fsp3) is 0.615. The predicted molar refractivity (Wildman–Crippen MR) is 130 cm³/mol. The van der Waals surface area contributed by atoms with E-state index in [0.717, 1.165) is 0 Å². The van der Waals surface area contributed by atoms with E-state index in [1.807, 2.05) is 20.8 Å². The van der Waals surface area contributed by atoms with Crippen LogP contribution in [0.1, 0.15) is 85.6 Å². The lowest BCUT2D eigenvalue weighted by Gasteiger charge is -2.30. The zero-order chi connectivity index (χ0) is 26.8. The molecule has 35 heavy (non-hydrogen) atoms. The van der Waals surface area contributed by atoms with Crippen molar-refractivity contribution in [3.05, 3.63) is 23.8 Å². The molecule has 0 bridgehead atoms. The van der Waals surface area contributed by atoms with E-state index in [-0.39, 0.29) is 37.2 Å². The molecule has 1 unspecified atom stereocenters. The fourth-order valence-electron chi connectivity index (χ4n) is 3.22. The summed E-state index contributed by atoms with van der Waals surface area (Å²) < 4.78 is 16.2. The Balaban J connectivity index is 3.17. The SMILES string of the molecule is CCCC(=O)Oc1ccc(CC(N)(C[C@H](C)OC(=O)C(C)(C)CC)C(=O)O)cc1OC(=O)CCC. The van der Waals surface area contributed by atoms with Crippen LogP contribution in [0.5, 0.6) is 11.5 Å². The van der Waals surface area contributed by atoms with Crippen molar-refractivity contribution >= 4 is 23.9 Å². The average molecular weight is 494 g/mol. The maximum atomic E-state index is 12.4. The first-order chi connectivity index (χ1) is 16.3. The summed E-state index contributed by atoms with van der Waals surface area (Å²) in [7, 11) is 0. The van der Waals surface area contributed by atoms with Gasteiger partial charge in [0.15, 0.2) is 11.5 Å². The second-order valence-electron chi connectivity index (χ2n) is 9.52. The molecule has 0 spiro atoms. The van der Waals surface area contributed by atoms with Gasteiger partial charge < -0.3 is 25.1 Å². The third kappa shape index (κ3) is 9.32. The summed E-state index contributed by atoms with van der Waals surface area (Å²) in [6, 6.07) is 4.46. The lowest BCUT2D eigenvalue weighted by molar-refractivity contribution is -0.162. The lowest BCUT2D eigenvalue weighted by atomic mass is 9.86. The molecule has 0 heterocycles. The molecule has 9 heteroatoms. The monoisotopic (exact) mass is 493 g/mol. The predicted octanol–water partition coefficient (Wildman–Crippen LogP) is 4.18. The zero-order valence-corrected chi connectivity index (χ0v) is 21.6. The zero-order valence-electron chi connectivity index (χ0n) is 21.6. The number of rotatable bonds is 14. The van der Waals surface area contributed by atoms with Gasteiger partial charge in [-0.1, -0.05) is 26.8 Å². The average Bonchev–Trinajstić information content (AvgIpc) is 2.75. The summed E-state index contributed by atoms with van der Waals surface area (Å²) in [6.45, 7) is 10.6. The Morgan fingerprint density at radius 3 is 2.00 bits per heavy atom. The number of carboxylic acids is 1. The summed E-state index contributed by atoms with van der Waals surface area (Å²) in [4.78, 5) is 48.6. The number of ether oxygens (including phenoxy) is 3. The molecule has 1 rings (SSSR count). The number of esters is 3. The van der Waals surface area contributed by atoms with E-state index in [1.165, 1.54) is 12.1 Å². The Kier molecular flexibility index (Phi) is 11.4. The third-order valence-electron chi connectivity index (χ3n) is 5.71. The summed E-state index contributed by atoms with van der Waals surface area (Å²) in [6.07, 6.45) is 1.08. The molecule has 9 nitrogen and oxygen atoms in total. The Labute approximate surface area is 207 Å². The van der Waals surface area contributed by atoms with Gasteiger partial charge in [-0.2, -0.15) is 0 Å². The van der Waals surface area contributed by atoms with Crippen LogP contribution in [-0.2, 0) is 30.3 Å². The first kappa shape index (κ1) is 30.1. The summed E-state index contributed by atoms with van der Waals surface area (Å²) in [5.74, 6) is -2.59. The molecular weight excluding hydrogens is 454 g/mol. The fourth-order valence-corrected chi connectivity index (χ4v) is 3.22. The Bertz CT molecular complexity index is 911. The van der Waals surface area contributed by atoms with Gasteiger partial charge in [-0.25, -0.2) is 0 Å². The highest BCUT2D eigenvalue weighted by Crippen LogP contribution is 2.32. The molecule has 1 aromatic rings. The second kappa shape index (κ2) is 13.2. The second-order valence-corrected chi connectivity index (χ2v) is 9.52. The molecule has 0 saturated heterocycles. The normalized spacial score (nSPS) is 13.9. The molecule has 2 atom stereocenters. The van der Waals surface area contributed by atoms with Crippen LogP contribution in [-0.4, -0.2) is 40.6 Å². The third-order valence-corrected chi connectivity index (χ3v) is 5.71. The van der Waals surface area contributed by atoms with Gasteiger partial charge in [0.2, 0.25) is 0 Å². The van der Waals surface area contributed by atoms with Crippen LogP contribution in [0.25, 0.3) is 0 Å². The Morgan fingerprint density at radius 1 is 0.971 bits per heavy atom. The number of aliphatic carboxylic acids is 1. The van der Waals surface area contributed by atoms with Crippen molar-refractivity contribution in [2.24, 2.45) is 11.1 Å². The number of carbonyl (C=O) groups excluding carboxylic acids is 3. The van der Waals surface area contributed by atoms with Crippen LogP contribution in [0.15, 0.2) is 18.2 Å². The number of hydrogen-bond acceptors (Lipinski definition) is 8. The van der Waals surface area contributed by atoms with Crippen molar-refractivity contribution in [3.63, 3.8) is 0 Å². The van der Waals surface area contributed by atoms with Crippen molar-refractivity contribution < 1.29 is 38.5 Å². The number of nitrogens with two attached hydrogens (primary N) is 1. The van der Waals surface area contributed by atoms with Gasteiger partial charge in [0.05, 0.1) is 5.41 Å². The van der Waals surface area contributed by atoms with E-state index in [9.17, 15) is 24.3 Å². The minimum atomic E-state index is -1.76. The lowest BCUT2D eigenvalue weighted by Crippen LogP contribution is -2.52. The maximum Gasteiger partial charge on any atom is 0.324 e. The van der Waals surface area contributed by atoms with Gasteiger partial charge in [0.1, 0.15) is 11.6 Å². The summed E-state index contributed by atoms with van der Waals surface area (Å²) in [5, 5.41) is 9.88. The molecule has 0 saturated carbocycles. The Morgan fingerprint density at radius 2 is 1.51 bits per heavy atom. The number of carboxylic acid groups (broad SMARTS) is 1. The van der Waals surface area contributed by atoms with E-state index in [4.69, 9.17) is 19.9 Å². The van der Waals surface area contributed by atoms with E-state index in [2.05, 4.69) is 0 Å². The van der Waals surface area contributed by atoms with Gasteiger partial charge >= 0.3 is 23.9 Å². The van der Waals surface area contributed by atoms with Crippen molar-refractivity contribution in [2.45, 2.75) is 98.1 Å². The molecule has 3 N–H and O–H groups in total. The number of hydrogen-bond donors (Lipinski definition) is 2. The molecule has 0 aliphatic heterocycles. The van der Waals surface area contributed by atoms with Crippen LogP contribution in [0.3, 0.4) is 0 Å². The van der Waals surface area contributed by atoms with Crippen molar-refractivity contribution in [2.75, 3.05) is 0 Å². The molecule has 0 aromatic heterocycles. The Hall–Kier alpha value is -2.94. The highest BCUT2D eigenvalue weighted by molar-refractivity contribution is 5.80. The first-order valence-corrected chi connectivity index (χ1v) is 12.1. The van der Waals surface area contributed by atoms with Crippen molar-refractivity contribution in [3.8, 4) is 11.5 Å². The van der Waals surface area contributed by atoms with E-state index in [1.54, 1.807) is 26.8 Å². The molecule has 1 aromatic carbocycles. The van der Waals surface area contributed by atoms with Gasteiger partial charge in [0.25, 0.3) is 0 Å². The minimum absolute atomic E-state index is 0.0160. The van der Waals surface area contributed by atoms with Crippen LogP contribution in [0.2, 0.25) is 0 Å². The van der Waals surface area contributed by atoms with Crippen LogP contribution >= 0.6 is 0 Å². The van der Waals surface area contributed by atoms with Gasteiger partial charge in [0, 0.05) is 25.7 Å². The quantitative estimate of drug-likeness (QED) is 0.288. The molecule has 0 aliphatic rings. The van der Waals surface area contributed by atoms with Crippen molar-refractivity contribution in [1.29, 1.82) is 0 Å². The summed E-state index contributed by atoms with van der Waals surface area (Å²) >= 11 is 0. The van der Waals surface area contributed by atoms with Crippen LogP contribution in [0, 0.1) is 5.41 Å². The van der Waals surface area contributed by atoms with Gasteiger partial charge in [-0.05, 0) is 57.7 Å². The molecule has 196 valence electrons. The van der Waals surface area contributed by atoms with Gasteiger partial charge in [-0.15, -0.1) is 0 Å². The highest BCUT2D eigenvalue weighted by Gasteiger charge is 2.38. The van der Waals surface area contributed by atoms with E-state index in [0.29, 0.717) is 24.8 Å². The highest BCUT2D eigenvalue weighted by atomic mass is 16.6. The first-order valence-electron chi connectivity index (χ1n) is 12.1. The number of carbonyl (C=O) groups is 4. The molecule has 0 amide bonds. The summed E-state index contributed by atoms with van der Waals surface area (Å²) in [5.41, 5.74) is 4.26. The maximum absolute atomic E-state index is 12.4. The topological polar surface area (TPSA) is 142 Å². The molecule has 0 fully saturated rings.